The summed E-state index contributed by atoms with van der Waals surface area (Å²) >= 11 is 0. The summed E-state index contributed by atoms with van der Waals surface area (Å²) in [4.78, 5) is 37.7. The van der Waals surface area contributed by atoms with Crippen LogP contribution >= 0.6 is 0 Å². The molecule has 3 aromatic carbocycles. The molecular weight excluding hydrogens is 496 g/mol. The van der Waals surface area contributed by atoms with Gasteiger partial charge in [0.15, 0.2) is 0 Å². The number of nitro groups is 1. The monoisotopic (exact) mass is 523 g/mol. The number of benzene rings is 3. The standard InChI is InChI=1S/C28H27F2N3O5/c1-17-3-4-18(13-25(17)33(36)37)14-26(34)32-11-9-20(10-12-32)19-5-7-21(8-6-19)31-28(35)27-23(29)15-22(38-2)16-24(27)30/h3-8,13,15-16,20H,9-12,14H2,1-2H3,(H,31,35). The molecule has 1 aliphatic rings. The van der Waals surface area contributed by atoms with Crippen molar-refractivity contribution < 1.29 is 28.0 Å². The molecular formula is C28H27F2N3O5. The minimum atomic E-state index is -1.02. The van der Waals surface area contributed by atoms with E-state index in [2.05, 4.69) is 5.32 Å². The Morgan fingerprint density at radius 3 is 2.26 bits per heavy atom. The van der Waals surface area contributed by atoms with Crippen molar-refractivity contribution >= 4 is 23.2 Å². The molecule has 1 fully saturated rings. The van der Waals surface area contributed by atoms with Gasteiger partial charge < -0.3 is 15.0 Å². The van der Waals surface area contributed by atoms with Crippen molar-refractivity contribution in [2.45, 2.75) is 32.1 Å². The molecule has 0 aliphatic carbocycles. The second-order valence-electron chi connectivity index (χ2n) is 9.25. The number of carbonyl (C=O) groups is 2. The van der Waals surface area contributed by atoms with E-state index in [9.17, 15) is 28.5 Å². The summed E-state index contributed by atoms with van der Waals surface area (Å²) in [7, 11) is 1.28. The van der Waals surface area contributed by atoms with Crippen LogP contribution in [0.4, 0.5) is 20.2 Å². The lowest BCUT2D eigenvalue weighted by molar-refractivity contribution is -0.385. The Labute approximate surface area is 218 Å². The number of halogens is 2. The predicted octanol–water partition coefficient (Wildman–Crippen LogP) is 5.39. The minimum Gasteiger partial charge on any atom is -0.497 e. The zero-order valence-electron chi connectivity index (χ0n) is 21.0. The van der Waals surface area contributed by atoms with Gasteiger partial charge in [0, 0.05) is 42.5 Å². The second-order valence-corrected chi connectivity index (χ2v) is 9.25. The summed E-state index contributed by atoms with van der Waals surface area (Å²) < 4.78 is 33.2. The van der Waals surface area contributed by atoms with Gasteiger partial charge in [-0.15, -0.1) is 0 Å². The number of ether oxygens (including phenoxy) is 1. The molecule has 1 aliphatic heterocycles. The van der Waals surface area contributed by atoms with Crippen LogP contribution in [0.5, 0.6) is 5.75 Å². The molecule has 0 atom stereocenters. The number of carbonyl (C=O) groups excluding carboxylic acids is 2. The number of nitro benzene ring substituents is 1. The maximum atomic E-state index is 14.2. The van der Waals surface area contributed by atoms with Gasteiger partial charge in [-0.3, -0.25) is 19.7 Å². The molecule has 8 nitrogen and oxygen atoms in total. The minimum absolute atomic E-state index is 0.00733. The van der Waals surface area contributed by atoms with Crippen LogP contribution in [0.1, 0.15) is 45.8 Å². The number of amides is 2. The van der Waals surface area contributed by atoms with Crippen molar-refractivity contribution in [3.8, 4) is 5.75 Å². The Balaban J connectivity index is 1.33. The highest BCUT2D eigenvalue weighted by Gasteiger charge is 2.25. The van der Waals surface area contributed by atoms with Crippen molar-refractivity contribution in [2.75, 3.05) is 25.5 Å². The van der Waals surface area contributed by atoms with E-state index >= 15 is 0 Å². The molecule has 0 aromatic heterocycles. The molecule has 1 saturated heterocycles. The van der Waals surface area contributed by atoms with Crippen molar-refractivity contribution in [3.63, 3.8) is 0 Å². The number of hydrogen-bond donors (Lipinski definition) is 1. The van der Waals surface area contributed by atoms with Crippen LogP contribution in [-0.2, 0) is 11.2 Å². The molecule has 3 aromatic rings. The summed E-state index contributed by atoms with van der Waals surface area (Å²) in [5.74, 6) is -2.82. The van der Waals surface area contributed by atoms with E-state index in [0.717, 1.165) is 30.5 Å². The molecule has 198 valence electrons. The lowest BCUT2D eigenvalue weighted by Gasteiger charge is -2.32. The Morgan fingerprint density at radius 2 is 1.68 bits per heavy atom. The fourth-order valence-corrected chi connectivity index (χ4v) is 4.63. The maximum Gasteiger partial charge on any atom is 0.272 e. The van der Waals surface area contributed by atoms with Gasteiger partial charge in [0.25, 0.3) is 11.6 Å². The zero-order valence-corrected chi connectivity index (χ0v) is 21.0. The lowest BCUT2D eigenvalue weighted by atomic mass is 9.89. The van der Waals surface area contributed by atoms with Crippen LogP contribution in [0.15, 0.2) is 54.6 Å². The van der Waals surface area contributed by atoms with Gasteiger partial charge in [-0.25, -0.2) is 8.78 Å². The van der Waals surface area contributed by atoms with E-state index in [1.54, 1.807) is 36.1 Å². The number of rotatable bonds is 7. The number of anilines is 1. The molecule has 10 heteroatoms. The molecule has 38 heavy (non-hydrogen) atoms. The molecule has 1 N–H and O–H groups in total. The summed E-state index contributed by atoms with van der Waals surface area (Å²) in [5, 5.41) is 13.7. The molecule has 4 rings (SSSR count). The van der Waals surface area contributed by atoms with Crippen LogP contribution in [0.2, 0.25) is 0 Å². The Hall–Kier alpha value is -4.34. The summed E-state index contributed by atoms with van der Waals surface area (Å²) in [6.07, 6.45) is 1.59. The SMILES string of the molecule is COc1cc(F)c(C(=O)Nc2ccc(C3CCN(C(=O)Cc4ccc(C)c([N+](=O)[O-])c4)CC3)cc2)c(F)c1. The van der Waals surface area contributed by atoms with Crippen molar-refractivity contribution in [2.24, 2.45) is 0 Å². The van der Waals surface area contributed by atoms with E-state index in [-0.39, 0.29) is 29.7 Å². The highest BCUT2D eigenvalue weighted by Crippen LogP contribution is 2.30. The Morgan fingerprint density at radius 1 is 1.05 bits per heavy atom. The normalized spacial score (nSPS) is 13.7. The highest BCUT2D eigenvalue weighted by molar-refractivity contribution is 6.04. The van der Waals surface area contributed by atoms with Gasteiger partial charge in [0.05, 0.1) is 18.5 Å². The zero-order chi connectivity index (χ0) is 27.4. The largest absolute Gasteiger partial charge is 0.497 e. The lowest BCUT2D eigenvalue weighted by Crippen LogP contribution is -2.38. The molecule has 0 spiro atoms. The average Bonchev–Trinajstić information content (AvgIpc) is 2.89. The summed E-state index contributed by atoms with van der Waals surface area (Å²) in [6.45, 7) is 2.79. The topological polar surface area (TPSA) is 102 Å². The van der Waals surface area contributed by atoms with Crippen molar-refractivity contribution in [1.82, 2.24) is 4.90 Å². The first-order valence-electron chi connectivity index (χ1n) is 12.1. The van der Waals surface area contributed by atoms with Crippen LogP contribution < -0.4 is 10.1 Å². The molecule has 0 saturated carbocycles. The third-order valence-corrected chi connectivity index (χ3v) is 6.79. The number of nitrogens with one attached hydrogen (secondary N) is 1. The van der Waals surface area contributed by atoms with Crippen LogP contribution in [0, 0.1) is 28.7 Å². The van der Waals surface area contributed by atoms with Crippen LogP contribution in [0.25, 0.3) is 0 Å². The first kappa shape index (κ1) is 26.7. The molecule has 0 bridgehead atoms. The third kappa shape index (κ3) is 5.96. The first-order chi connectivity index (χ1) is 18.2. The maximum absolute atomic E-state index is 14.2. The van der Waals surface area contributed by atoms with E-state index in [1.165, 1.54) is 13.2 Å². The fourth-order valence-electron chi connectivity index (χ4n) is 4.63. The number of likely N-dealkylation sites (tertiary alicyclic amines) is 1. The van der Waals surface area contributed by atoms with Crippen molar-refractivity contribution in [1.29, 1.82) is 0 Å². The number of methoxy groups -OCH3 is 1. The van der Waals surface area contributed by atoms with Crippen molar-refractivity contribution in [3.05, 3.63) is 98.6 Å². The smallest absolute Gasteiger partial charge is 0.272 e. The van der Waals surface area contributed by atoms with Gasteiger partial charge in [-0.2, -0.15) is 0 Å². The summed E-state index contributed by atoms with van der Waals surface area (Å²) in [6, 6.07) is 13.8. The molecule has 0 unspecified atom stereocenters. The van der Waals surface area contributed by atoms with Gasteiger partial charge in [-0.1, -0.05) is 24.3 Å². The van der Waals surface area contributed by atoms with Gasteiger partial charge in [0.1, 0.15) is 22.9 Å². The molecule has 1 heterocycles. The highest BCUT2D eigenvalue weighted by atomic mass is 19.1. The van der Waals surface area contributed by atoms with E-state index in [4.69, 9.17) is 4.74 Å². The summed E-state index contributed by atoms with van der Waals surface area (Å²) in [5.41, 5.74) is 1.92. The number of hydrogen-bond acceptors (Lipinski definition) is 5. The molecule has 0 radical (unpaired) electrons. The van der Waals surface area contributed by atoms with Crippen LogP contribution in [-0.4, -0.2) is 41.8 Å². The predicted molar refractivity (Wildman–Crippen MR) is 137 cm³/mol. The Kier molecular flexibility index (Phi) is 7.99. The Bertz CT molecular complexity index is 1350. The number of nitrogens with zero attached hydrogens (tertiary/aromatic N) is 2. The first-order valence-corrected chi connectivity index (χ1v) is 12.1. The van der Waals surface area contributed by atoms with E-state index in [0.29, 0.717) is 29.9 Å². The van der Waals surface area contributed by atoms with Crippen LogP contribution in [0.3, 0.4) is 0 Å². The second kappa shape index (κ2) is 11.4. The van der Waals surface area contributed by atoms with Gasteiger partial charge in [-0.05, 0) is 48.9 Å². The average molecular weight is 524 g/mol. The third-order valence-electron chi connectivity index (χ3n) is 6.79. The van der Waals surface area contributed by atoms with E-state index < -0.39 is 28.0 Å². The quantitative estimate of drug-likeness (QED) is 0.331. The van der Waals surface area contributed by atoms with Gasteiger partial charge >= 0.3 is 0 Å². The molecule has 2 amide bonds. The van der Waals surface area contributed by atoms with E-state index in [1.807, 2.05) is 12.1 Å². The van der Waals surface area contributed by atoms with Gasteiger partial charge in [0.2, 0.25) is 5.91 Å². The number of piperidine rings is 1. The number of aryl methyl sites for hydroxylation is 1. The fraction of sp³-hybridized carbons (Fsp3) is 0.286.